The number of nitrogens with zero attached hydrogens (tertiary/aromatic N) is 3. The summed E-state index contributed by atoms with van der Waals surface area (Å²) < 4.78 is 14.7. The van der Waals surface area contributed by atoms with Crippen LogP contribution in [0.2, 0.25) is 0 Å². The van der Waals surface area contributed by atoms with Crippen molar-refractivity contribution in [2.75, 3.05) is 55.6 Å². The molecule has 9 heteroatoms. The molecule has 3 amide bonds. The summed E-state index contributed by atoms with van der Waals surface area (Å²) in [5.41, 5.74) is 7.86. The highest BCUT2D eigenvalue weighted by Gasteiger charge is 2.28. The molecule has 1 atom stereocenters. The molecule has 5 rings (SSSR count). The monoisotopic (exact) mass is 521 g/mol. The summed E-state index contributed by atoms with van der Waals surface area (Å²) in [6.45, 7) is 6.59. The summed E-state index contributed by atoms with van der Waals surface area (Å²) in [5, 5.41) is 2.44. The number of piperidine rings is 2. The number of hydrogen-bond donors (Lipinski definition) is 2. The van der Waals surface area contributed by atoms with E-state index in [1.54, 1.807) is 12.1 Å². The molecule has 0 bridgehead atoms. The second-order valence-corrected chi connectivity index (χ2v) is 10.6. The zero-order valence-corrected chi connectivity index (χ0v) is 21.7. The fourth-order valence-corrected chi connectivity index (χ4v) is 5.94. The number of halogens is 1. The van der Waals surface area contributed by atoms with Crippen LogP contribution in [0, 0.1) is 11.7 Å². The number of nitrogens with one attached hydrogen (secondary N) is 1. The number of benzene rings is 2. The molecule has 0 aromatic heterocycles. The maximum absolute atomic E-state index is 14.7. The fraction of sp³-hybridized carbons (Fsp3) is 0.483. The average Bonchev–Trinajstić information content (AvgIpc) is 2.93. The van der Waals surface area contributed by atoms with E-state index in [1.165, 1.54) is 11.8 Å². The summed E-state index contributed by atoms with van der Waals surface area (Å²) in [4.78, 5) is 42.0. The molecule has 3 N–H and O–H groups in total. The Hall–Kier alpha value is -3.46. The lowest BCUT2D eigenvalue weighted by atomic mass is 9.90. The third kappa shape index (κ3) is 5.83. The van der Waals surface area contributed by atoms with Gasteiger partial charge in [0.25, 0.3) is 5.91 Å². The molecule has 202 valence electrons. The van der Waals surface area contributed by atoms with Gasteiger partial charge in [0.05, 0.1) is 17.2 Å². The number of imide groups is 1. The smallest absolute Gasteiger partial charge is 0.251 e. The van der Waals surface area contributed by atoms with Gasteiger partial charge in [-0.2, -0.15) is 0 Å². The van der Waals surface area contributed by atoms with Crippen LogP contribution in [0.4, 0.5) is 15.8 Å². The van der Waals surface area contributed by atoms with E-state index < -0.39 is 11.7 Å². The first-order chi connectivity index (χ1) is 18.4. The number of primary amides is 1. The van der Waals surface area contributed by atoms with Gasteiger partial charge in [-0.25, -0.2) is 4.39 Å². The Bertz CT molecular complexity index is 1170. The molecular weight excluding hydrogens is 485 g/mol. The number of rotatable bonds is 7. The molecule has 0 aliphatic carbocycles. The van der Waals surface area contributed by atoms with E-state index in [0.29, 0.717) is 24.4 Å². The molecule has 0 saturated carbocycles. The minimum atomic E-state index is -0.733. The molecule has 1 unspecified atom stereocenters. The molecule has 2 aromatic rings. The molecule has 2 aromatic carbocycles. The summed E-state index contributed by atoms with van der Waals surface area (Å²) in [7, 11) is 0. The first kappa shape index (κ1) is 26.2. The molecule has 3 fully saturated rings. The van der Waals surface area contributed by atoms with Crippen molar-refractivity contribution >= 4 is 29.1 Å². The third-order valence-corrected chi connectivity index (χ3v) is 8.32. The minimum Gasteiger partial charge on any atom is -0.369 e. The SMILES string of the molecule is NC(=O)c1cccc(N2CCC(CCN3CCN(c4ccc(C5CCC(=O)NC5=O)cc4)CC3)CC2)c1F. The van der Waals surface area contributed by atoms with Gasteiger partial charge in [0.1, 0.15) is 0 Å². The number of amides is 3. The normalized spacial score (nSPS) is 21.4. The minimum absolute atomic E-state index is 0.0472. The Morgan fingerprint density at radius 3 is 2.29 bits per heavy atom. The predicted octanol–water partition coefficient (Wildman–Crippen LogP) is 2.87. The lowest BCUT2D eigenvalue weighted by Gasteiger charge is -2.38. The predicted molar refractivity (Wildman–Crippen MR) is 145 cm³/mol. The maximum atomic E-state index is 14.7. The van der Waals surface area contributed by atoms with E-state index >= 15 is 0 Å². The van der Waals surface area contributed by atoms with Crippen LogP contribution in [0.1, 0.15) is 53.9 Å². The van der Waals surface area contributed by atoms with Crippen LogP contribution in [-0.4, -0.2) is 68.4 Å². The highest BCUT2D eigenvalue weighted by molar-refractivity contribution is 6.01. The standard InChI is InChI=1S/C29H36FN5O3/c30-27-24(28(31)37)2-1-3-25(27)35-14-11-20(12-15-35)10-13-33-16-18-34(19-17-33)22-6-4-21(5-7-22)23-8-9-26(36)32-29(23)38/h1-7,20,23H,8-19H2,(H2,31,37)(H,32,36,38). The first-order valence-corrected chi connectivity index (χ1v) is 13.6. The van der Waals surface area contributed by atoms with E-state index in [9.17, 15) is 18.8 Å². The number of piperazine rings is 1. The van der Waals surface area contributed by atoms with Gasteiger partial charge in [0.15, 0.2) is 5.82 Å². The number of anilines is 2. The summed E-state index contributed by atoms with van der Waals surface area (Å²) in [5.74, 6) is -1.26. The van der Waals surface area contributed by atoms with Gasteiger partial charge in [-0.05, 0) is 68.0 Å². The fourth-order valence-electron chi connectivity index (χ4n) is 5.94. The largest absolute Gasteiger partial charge is 0.369 e. The van der Waals surface area contributed by atoms with E-state index in [1.807, 2.05) is 17.0 Å². The van der Waals surface area contributed by atoms with Crippen molar-refractivity contribution in [2.45, 2.75) is 38.0 Å². The molecule has 3 aliphatic heterocycles. The molecular formula is C29H36FN5O3. The van der Waals surface area contributed by atoms with Crippen LogP contribution >= 0.6 is 0 Å². The molecule has 38 heavy (non-hydrogen) atoms. The van der Waals surface area contributed by atoms with E-state index in [0.717, 1.165) is 70.6 Å². The Kier molecular flexibility index (Phi) is 7.93. The van der Waals surface area contributed by atoms with Crippen LogP contribution in [0.25, 0.3) is 0 Å². The van der Waals surface area contributed by atoms with Gasteiger partial charge >= 0.3 is 0 Å². The van der Waals surface area contributed by atoms with E-state index in [2.05, 4.69) is 27.2 Å². The third-order valence-electron chi connectivity index (χ3n) is 8.32. The van der Waals surface area contributed by atoms with Crippen LogP contribution in [0.3, 0.4) is 0 Å². The highest BCUT2D eigenvalue weighted by atomic mass is 19.1. The maximum Gasteiger partial charge on any atom is 0.251 e. The lowest BCUT2D eigenvalue weighted by molar-refractivity contribution is -0.134. The van der Waals surface area contributed by atoms with Gasteiger partial charge in [-0.3, -0.25) is 24.6 Å². The summed E-state index contributed by atoms with van der Waals surface area (Å²) >= 11 is 0. The zero-order valence-electron chi connectivity index (χ0n) is 21.7. The lowest BCUT2D eigenvalue weighted by Crippen LogP contribution is -2.47. The van der Waals surface area contributed by atoms with E-state index in [-0.39, 0.29) is 23.3 Å². The van der Waals surface area contributed by atoms with Crippen molar-refractivity contribution in [3.63, 3.8) is 0 Å². The Morgan fingerprint density at radius 2 is 1.63 bits per heavy atom. The van der Waals surface area contributed by atoms with E-state index in [4.69, 9.17) is 5.73 Å². The number of carbonyl (C=O) groups excluding carboxylic acids is 3. The summed E-state index contributed by atoms with van der Waals surface area (Å²) in [6, 6.07) is 13.1. The average molecular weight is 522 g/mol. The van der Waals surface area contributed by atoms with Crippen LogP contribution in [0.15, 0.2) is 42.5 Å². The highest BCUT2D eigenvalue weighted by Crippen LogP contribution is 2.30. The number of hydrogen-bond acceptors (Lipinski definition) is 6. The molecule has 0 radical (unpaired) electrons. The van der Waals surface area contributed by atoms with Crippen molar-refractivity contribution in [1.29, 1.82) is 0 Å². The second kappa shape index (κ2) is 11.5. The van der Waals surface area contributed by atoms with Crippen molar-refractivity contribution in [3.8, 4) is 0 Å². The Labute approximate surface area is 222 Å². The molecule has 3 saturated heterocycles. The van der Waals surface area contributed by atoms with Gasteiger partial charge in [0.2, 0.25) is 11.8 Å². The van der Waals surface area contributed by atoms with Gasteiger partial charge < -0.3 is 15.5 Å². The number of nitrogens with two attached hydrogens (primary N) is 1. The van der Waals surface area contributed by atoms with Crippen molar-refractivity contribution in [2.24, 2.45) is 11.7 Å². The summed E-state index contributed by atoms with van der Waals surface area (Å²) in [6.07, 6.45) is 4.13. The van der Waals surface area contributed by atoms with Gasteiger partial charge in [-0.1, -0.05) is 18.2 Å². The van der Waals surface area contributed by atoms with Crippen LogP contribution in [0.5, 0.6) is 0 Å². The van der Waals surface area contributed by atoms with Crippen LogP contribution < -0.4 is 20.9 Å². The molecule has 3 aliphatic rings. The zero-order chi connectivity index (χ0) is 26.6. The van der Waals surface area contributed by atoms with Crippen molar-refractivity contribution in [1.82, 2.24) is 10.2 Å². The molecule has 8 nitrogen and oxygen atoms in total. The first-order valence-electron chi connectivity index (χ1n) is 13.6. The second-order valence-electron chi connectivity index (χ2n) is 10.6. The Morgan fingerprint density at radius 1 is 0.921 bits per heavy atom. The Balaban J connectivity index is 1.05. The molecule has 0 spiro atoms. The molecule has 3 heterocycles. The van der Waals surface area contributed by atoms with Gasteiger partial charge in [0, 0.05) is 51.4 Å². The van der Waals surface area contributed by atoms with Crippen LogP contribution in [-0.2, 0) is 9.59 Å². The van der Waals surface area contributed by atoms with Crippen molar-refractivity contribution < 1.29 is 18.8 Å². The topological polar surface area (TPSA) is 99.0 Å². The number of carbonyl (C=O) groups is 3. The quantitative estimate of drug-likeness (QED) is 0.544. The van der Waals surface area contributed by atoms with Crippen molar-refractivity contribution in [3.05, 3.63) is 59.4 Å². The van der Waals surface area contributed by atoms with Gasteiger partial charge in [-0.15, -0.1) is 0 Å².